The summed E-state index contributed by atoms with van der Waals surface area (Å²) >= 11 is 0. The number of amides is 1. The van der Waals surface area contributed by atoms with Gasteiger partial charge in [0.1, 0.15) is 11.8 Å². The summed E-state index contributed by atoms with van der Waals surface area (Å²) in [4.78, 5) is 11.1. The first-order chi connectivity index (χ1) is 12.0. The lowest BCUT2D eigenvalue weighted by Gasteiger charge is -2.37. The van der Waals surface area contributed by atoms with Crippen LogP contribution in [0.2, 0.25) is 0 Å². The number of nitrogens with zero attached hydrogens (tertiary/aromatic N) is 1. The summed E-state index contributed by atoms with van der Waals surface area (Å²) in [6.45, 7) is 0.554. The van der Waals surface area contributed by atoms with Gasteiger partial charge in [0.05, 0.1) is 5.70 Å². The Bertz CT molecular complexity index is 635. The number of carbonyl (C=O) groups is 1. The predicted molar refractivity (Wildman–Crippen MR) is 86.7 cm³/mol. The van der Waals surface area contributed by atoms with E-state index in [1.807, 2.05) is 0 Å². The lowest BCUT2D eigenvalue weighted by Crippen LogP contribution is -2.59. The van der Waals surface area contributed by atoms with Crippen LogP contribution < -0.4 is 10.7 Å². The van der Waals surface area contributed by atoms with Gasteiger partial charge < -0.3 is 9.84 Å². The van der Waals surface area contributed by atoms with Crippen molar-refractivity contribution in [3.8, 4) is 0 Å². The fourth-order valence-corrected chi connectivity index (χ4v) is 3.23. The van der Waals surface area contributed by atoms with E-state index in [-0.39, 0.29) is 12.1 Å². The molecule has 25 heavy (non-hydrogen) atoms. The summed E-state index contributed by atoms with van der Waals surface area (Å²) in [7, 11) is 0. The van der Waals surface area contributed by atoms with Crippen LogP contribution in [0.5, 0.6) is 0 Å². The number of hydrogen-bond acceptors (Lipinski definition) is 4. The molecule has 8 heteroatoms. The van der Waals surface area contributed by atoms with Gasteiger partial charge in [-0.3, -0.25) is 10.3 Å². The number of nitrogens with one attached hydrogen (secondary N) is 2. The Morgan fingerprint density at radius 1 is 1.40 bits per heavy atom. The highest BCUT2D eigenvalue weighted by molar-refractivity contribution is 5.68. The highest BCUT2D eigenvalue weighted by Gasteiger charge is 2.50. The van der Waals surface area contributed by atoms with Crippen molar-refractivity contribution in [1.29, 1.82) is 0 Å². The molecular weight excluding hydrogens is 332 g/mol. The van der Waals surface area contributed by atoms with Gasteiger partial charge in [0.25, 0.3) is 6.43 Å². The molecule has 1 aromatic carbocycles. The molecule has 2 aliphatic heterocycles. The van der Waals surface area contributed by atoms with Crippen molar-refractivity contribution >= 4 is 6.09 Å². The summed E-state index contributed by atoms with van der Waals surface area (Å²) in [6, 6.07) is 8.81. The minimum Gasteiger partial charge on any atom is -0.465 e. The molecule has 1 aromatic rings. The molecule has 2 aliphatic rings. The molecule has 6 nitrogen and oxygen atoms in total. The quantitative estimate of drug-likeness (QED) is 0.759. The first kappa shape index (κ1) is 17.6. The van der Waals surface area contributed by atoms with Gasteiger partial charge in [-0.05, 0) is 24.8 Å². The third-order valence-electron chi connectivity index (χ3n) is 4.48. The minimum absolute atomic E-state index is 0.0547. The number of ether oxygens (including phenoxy) is 1. The number of hydrogen-bond donors (Lipinski definition) is 3. The van der Waals surface area contributed by atoms with E-state index >= 15 is 0 Å². The van der Waals surface area contributed by atoms with Crippen LogP contribution in [0.15, 0.2) is 42.2 Å². The third-order valence-corrected chi connectivity index (χ3v) is 4.48. The van der Waals surface area contributed by atoms with Crippen LogP contribution in [-0.4, -0.2) is 41.0 Å². The first-order valence-electron chi connectivity index (χ1n) is 8.23. The maximum Gasteiger partial charge on any atom is 0.409 e. The molecule has 0 spiro atoms. The fourth-order valence-electron chi connectivity index (χ4n) is 3.23. The Hall–Kier alpha value is -2.19. The fraction of sp³-hybridized carbons (Fsp3) is 0.471. The van der Waals surface area contributed by atoms with E-state index in [0.29, 0.717) is 18.6 Å². The zero-order valence-electron chi connectivity index (χ0n) is 13.6. The molecule has 1 fully saturated rings. The highest BCUT2D eigenvalue weighted by atomic mass is 19.3. The van der Waals surface area contributed by atoms with Crippen LogP contribution >= 0.6 is 0 Å². The molecule has 0 aromatic heterocycles. The lowest BCUT2D eigenvalue weighted by atomic mass is 9.89. The van der Waals surface area contributed by atoms with Crippen LogP contribution in [0.1, 0.15) is 24.8 Å². The van der Waals surface area contributed by atoms with Gasteiger partial charge in [0.2, 0.25) is 0 Å². The largest absolute Gasteiger partial charge is 0.465 e. The first-order valence-corrected chi connectivity index (χ1v) is 8.23. The molecule has 2 heterocycles. The van der Waals surface area contributed by atoms with Gasteiger partial charge in [-0.25, -0.2) is 19.0 Å². The van der Waals surface area contributed by atoms with Crippen molar-refractivity contribution in [2.45, 2.75) is 43.9 Å². The van der Waals surface area contributed by atoms with Crippen molar-refractivity contribution in [2.75, 3.05) is 6.61 Å². The normalized spacial score (nSPS) is 26.6. The standard InChI is InChI=1S/C17H21F2N3O3/c18-15(19)17(10-12-6-2-1-3-7-12)13(20-16(23)24)11-22(21-17)14-8-4-5-9-25-14/h1-3,6-7,11,14-15,20-21H,4-5,8-10H2,(H,23,24). The van der Waals surface area contributed by atoms with Gasteiger partial charge in [-0.15, -0.1) is 0 Å². The van der Waals surface area contributed by atoms with Crippen molar-refractivity contribution in [1.82, 2.24) is 15.8 Å². The van der Waals surface area contributed by atoms with Crippen molar-refractivity contribution in [3.05, 3.63) is 47.8 Å². The summed E-state index contributed by atoms with van der Waals surface area (Å²) in [5, 5.41) is 12.7. The van der Waals surface area contributed by atoms with Crippen LogP contribution in [0.4, 0.5) is 13.6 Å². The molecule has 2 unspecified atom stereocenters. The molecule has 2 atom stereocenters. The monoisotopic (exact) mass is 353 g/mol. The van der Waals surface area contributed by atoms with Gasteiger partial charge >= 0.3 is 6.09 Å². The number of carboxylic acid groups (broad SMARTS) is 1. The molecule has 3 N–H and O–H groups in total. The summed E-state index contributed by atoms with van der Waals surface area (Å²) in [6.07, 6.45) is -0.710. The van der Waals surface area contributed by atoms with E-state index in [1.165, 1.54) is 11.2 Å². The summed E-state index contributed by atoms with van der Waals surface area (Å²) in [5.74, 6) is 0. The number of hydrazine groups is 1. The predicted octanol–water partition coefficient (Wildman–Crippen LogP) is 2.69. The molecule has 3 rings (SSSR count). The molecule has 1 amide bonds. The van der Waals surface area contributed by atoms with Gasteiger partial charge in [0, 0.05) is 19.2 Å². The number of benzene rings is 1. The maximum absolute atomic E-state index is 14.1. The molecule has 0 saturated carbocycles. The van der Waals surface area contributed by atoms with E-state index in [2.05, 4.69) is 10.7 Å². The molecule has 0 radical (unpaired) electrons. The van der Waals surface area contributed by atoms with Gasteiger partial charge in [-0.1, -0.05) is 30.3 Å². The summed E-state index contributed by atoms with van der Waals surface area (Å²) < 4.78 is 33.9. The molecular formula is C17H21F2N3O3. The molecule has 0 bridgehead atoms. The van der Waals surface area contributed by atoms with Crippen LogP contribution in [0.3, 0.4) is 0 Å². The van der Waals surface area contributed by atoms with Gasteiger partial charge in [-0.2, -0.15) is 0 Å². The average Bonchev–Trinajstić information content (AvgIpc) is 2.95. The number of halogens is 2. The Morgan fingerprint density at radius 2 is 2.16 bits per heavy atom. The lowest BCUT2D eigenvalue weighted by molar-refractivity contribution is -0.0997. The van der Waals surface area contributed by atoms with E-state index < -0.39 is 24.3 Å². The third kappa shape index (κ3) is 3.74. The number of alkyl halides is 2. The second kappa shape index (κ2) is 7.37. The molecule has 0 aliphatic carbocycles. The van der Waals surface area contributed by atoms with E-state index in [1.54, 1.807) is 30.3 Å². The van der Waals surface area contributed by atoms with E-state index in [4.69, 9.17) is 9.84 Å². The smallest absolute Gasteiger partial charge is 0.409 e. The molecule has 136 valence electrons. The topological polar surface area (TPSA) is 73.8 Å². The Balaban J connectivity index is 1.90. The van der Waals surface area contributed by atoms with Gasteiger partial charge in [0.15, 0.2) is 0 Å². The SMILES string of the molecule is O=C(O)NC1=CN(C2CCCCO2)NC1(Cc1ccccc1)C(F)F. The van der Waals surface area contributed by atoms with Crippen molar-refractivity contribution in [3.63, 3.8) is 0 Å². The average molecular weight is 353 g/mol. The van der Waals surface area contributed by atoms with E-state index in [0.717, 1.165) is 12.8 Å². The number of rotatable bonds is 5. The maximum atomic E-state index is 14.1. The Labute approximate surface area is 144 Å². The zero-order chi connectivity index (χ0) is 17.9. The van der Waals surface area contributed by atoms with Crippen LogP contribution in [0.25, 0.3) is 0 Å². The molecule has 1 saturated heterocycles. The van der Waals surface area contributed by atoms with Crippen molar-refractivity contribution in [2.24, 2.45) is 0 Å². The van der Waals surface area contributed by atoms with E-state index in [9.17, 15) is 13.6 Å². The Kier molecular flexibility index (Phi) is 5.19. The van der Waals surface area contributed by atoms with Crippen LogP contribution in [-0.2, 0) is 11.2 Å². The highest BCUT2D eigenvalue weighted by Crippen LogP contribution is 2.34. The van der Waals surface area contributed by atoms with Crippen molar-refractivity contribution < 1.29 is 23.4 Å². The second-order valence-corrected chi connectivity index (χ2v) is 6.25. The van der Waals surface area contributed by atoms with Crippen LogP contribution in [0, 0.1) is 0 Å². The summed E-state index contributed by atoms with van der Waals surface area (Å²) in [5.41, 5.74) is 1.58. The Morgan fingerprint density at radius 3 is 2.76 bits per heavy atom. The zero-order valence-corrected chi connectivity index (χ0v) is 13.6. The minimum atomic E-state index is -2.82. The second-order valence-electron chi connectivity index (χ2n) is 6.25.